The molecule has 4 saturated carbocycles. The average Bonchev–Trinajstić information content (AvgIpc) is 2.82. The fourth-order valence-electron chi connectivity index (χ4n) is 8.26. The Kier molecular flexibility index (Phi) is 5.27. The van der Waals surface area contributed by atoms with Crippen molar-refractivity contribution >= 4 is 5.97 Å². The SMILES string of the molecule is CC12CC3CC(C)(C1)CC(c1ccc(Oc4ccc(C#Cc5cccc(C(=O)O)c5)cc4)cc1)(C3)C2. The molecular formula is C33H32O3. The van der Waals surface area contributed by atoms with Crippen molar-refractivity contribution in [3.63, 3.8) is 0 Å². The first-order valence-electron chi connectivity index (χ1n) is 13.0. The number of rotatable bonds is 4. The Labute approximate surface area is 213 Å². The molecule has 3 aromatic carbocycles. The van der Waals surface area contributed by atoms with Crippen LogP contribution in [0.25, 0.3) is 0 Å². The molecule has 2 unspecified atom stereocenters. The predicted molar refractivity (Wildman–Crippen MR) is 141 cm³/mol. The highest BCUT2D eigenvalue weighted by Gasteiger charge is 2.60. The molecule has 4 fully saturated rings. The van der Waals surface area contributed by atoms with Crippen LogP contribution in [0.3, 0.4) is 0 Å². The first-order chi connectivity index (χ1) is 17.2. The molecule has 0 amide bonds. The van der Waals surface area contributed by atoms with Crippen molar-refractivity contribution in [2.75, 3.05) is 0 Å². The molecule has 36 heavy (non-hydrogen) atoms. The van der Waals surface area contributed by atoms with Gasteiger partial charge in [-0.05, 0) is 121 Å². The molecular weight excluding hydrogens is 444 g/mol. The van der Waals surface area contributed by atoms with E-state index < -0.39 is 5.97 Å². The van der Waals surface area contributed by atoms with E-state index in [1.807, 2.05) is 30.3 Å². The molecule has 4 aliphatic carbocycles. The summed E-state index contributed by atoms with van der Waals surface area (Å²) in [5.74, 6) is 7.69. The lowest BCUT2D eigenvalue weighted by molar-refractivity contribution is -0.110. The maximum Gasteiger partial charge on any atom is 0.335 e. The normalized spacial score (nSPS) is 29.9. The molecule has 0 heterocycles. The molecule has 4 bridgehead atoms. The first kappa shape index (κ1) is 22.9. The van der Waals surface area contributed by atoms with Gasteiger partial charge in [-0.3, -0.25) is 0 Å². The van der Waals surface area contributed by atoms with Crippen molar-refractivity contribution in [3.05, 3.63) is 95.1 Å². The van der Waals surface area contributed by atoms with Gasteiger partial charge in [0.2, 0.25) is 0 Å². The highest BCUT2D eigenvalue weighted by atomic mass is 16.5. The van der Waals surface area contributed by atoms with Crippen molar-refractivity contribution in [2.45, 2.75) is 57.8 Å². The maximum absolute atomic E-state index is 11.1. The Bertz CT molecular complexity index is 1350. The summed E-state index contributed by atoms with van der Waals surface area (Å²) in [5.41, 5.74) is 4.61. The lowest BCUT2D eigenvalue weighted by Crippen LogP contribution is -2.56. The fraction of sp³-hybridized carbons (Fsp3) is 0.364. The van der Waals surface area contributed by atoms with E-state index in [4.69, 9.17) is 9.84 Å². The van der Waals surface area contributed by atoms with Crippen LogP contribution >= 0.6 is 0 Å². The lowest BCUT2D eigenvalue weighted by Gasteiger charge is -2.65. The monoisotopic (exact) mass is 476 g/mol. The summed E-state index contributed by atoms with van der Waals surface area (Å²) >= 11 is 0. The van der Waals surface area contributed by atoms with Crippen LogP contribution in [-0.4, -0.2) is 11.1 Å². The molecule has 0 aromatic heterocycles. The molecule has 3 heteroatoms. The first-order valence-corrected chi connectivity index (χ1v) is 13.0. The summed E-state index contributed by atoms with van der Waals surface area (Å²) in [6, 6.07) is 23.2. The largest absolute Gasteiger partial charge is 0.478 e. The van der Waals surface area contributed by atoms with E-state index in [2.05, 4.69) is 50.0 Å². The summed E-state index contributed by atoms with van der Waals surface area (Å²) in [6.07, 6.45) is 8.24. The molecule has 2 atom stereocenters. The number of hydrogen-bond acceptors (Lipinski definition) is 2. The lowest BCUT2D eigenvalue weighted by atomic mass is 9.39. The highest BCUT2D eigenvalue weighted by Crippen LogP contribution is 2.69. The minimum Gasteiger partial charge on any atom is -0.478 e. The number of carboxylic acids is 1. The third kappa shape index (κ3) is 4.30. The van der Waals surface area contributed by atoms with Crippen LogP contribution in [0.2, 0.25) is 0 Å². The quantitative estimate of drug-likeness (QED) is 0.390. The Hall–Kier alpha value is -3.51. The zero-order valence-electron chi connectivity index (χ0n) is 21.0. The van der Waals surface area contributed by atoms with Gasteiger partial charge < -0.3 is 9.84 Å². The van der Waals surface area contributed by atoms with Crippen LogP contribution in [0.5, 0.6) is 11.5 Å². The van der Waals surface area contributed by atoms with Crippen molar-refractivity contribution in [2.24, 2.45) is 16.7 Å². The Balaban J connectivity index is 1.14. The number of aromatic carboxylic acids is 1. The summed E-state index contributed by atoms with van der Waals surface area (Å²) in [6.45, 7) is 5.06. The van der Waals surface area contributed by atoms with Crippen LogP contribution in [0.1, 0.15) is 79.4 Å². The van der Waals surface area contributed by atoms with Crippen LogP contribution < -0.4 is 4.74 Å². The molecule has 3 nitrogen and oxygen atoms in total. The van der Waals surface area contributed by atoms with Gasteiger partial charge in [0.1, 0.15) is 11.5 Å². The standard InChI is InChI=1S/C33H32O3/c1-31-17-25-18-32(2,20-31)22-33(19-25,21-31)27-10-14-29(15-11-27)36-28-12-8-23(9-13-28)6-7-24-4-3-5-26(16-24)30(34)35/h3-5,8-16,25H,17-22H2,1-2H3,(H,34,35). The minimum atomic E-state index is -0.949. The van der Waals surface area contributed by atoms with Crippen molar-refractivity contribution in [1.82, 2.24) is 0 Å². The van der Waals surface area contributed by atoms with E-state index in [0.717, 1.165) is 23.0 Å². The van der Waals surface area contributed by atoms with E-state index in [0.29, 0.717) is 21.8 Å². The molecule has 0 saturated heterocycles. The number of hydrogen-bond donors (Lipinski definition) is 1. The smallest absolute Gasteiger partial charge is 0.335 e. The van der Waals surface area contributed by atoms with E-state index in [-0.39, 0.29) is 5.56 Å². The van der Waals surface area contributed by atoms with Gasteiger partial charge in [-0.15, -0.1) is 0 Å². The number of carboxylic acid groups (broad SMARTS) is 1. The molecule has 0 spiro atoms. The van der Waals surface area contributed by atoms with Gasteiger partial charge in [-0.25, -0.2) is 4.79 Å². The van der Waals surface area contributed by atoms with Gasteiger partial charge in [-0.1, -0.05) is 43.9 Å². The van der Waals surface area contributed by atoms with E-state index >= 15 is 0 Å². The van der Waals surface area contributed by atoms with Crippen molar-refractivity contribution in [3.8, 4) is 23.3 Å². The molecule has 182 valence electrons. The van der Waals surface area contributed by atoms with Gasteiger partial charge in [0.15, 0.2) is 0 Å². The zero-order valence-corrected chi connectivity index (χ0v) is 21.0. The highest BCUT2D eigenvalue weighted by molar-refractivity contribution is 5.88. The number of carbonyl (C=O) groups is 1. The molecule has 1 N–H and O–H groups in total. The Morgan fingerprint density at radius 2 is 1.42 bits per heavy atom. The van der Waals surface area contributed by atoms with Crippen molar-refractivity contribution < 1.29 is 14.6 Å². The van der Waals surface area contributed by atoms with E-state index in [1.165, 1.54) is 44.1 Å². The molecule has 0 radical (unpaired) electrons. The second kappa shape index (κ2) is 8.27. The number of ether oxygens (including phenoxy) is 1. The zero-order chi connectivity index (χ0) is 25.0. The van der Waals surface area contributed by atoms with Crippen LogP contribution in [0.15, 0.2) is 72.8 Å². The number of benzene rings is 3. The molecule has 4 aliphatic rings. The topological polar surface area (TPSA) is 46.5 Å². The van der Waals surface area contributed by atoms with E-state index in [1.54, 1.807) is 18.2 Å². The van der Waals surface area contributed by atoms with Gasteiger partial charge in [0.05, 0.1) is 5.56 Å². The average molecular weight is 477 g/mol. The molecule has 3 aromatic rings. The molecule has 7 rings (SSSR count). The predicted octanol–water partition coefficient (Wildman–Crippen LogP) is 7.82. The van der Waals surface area contributed by atoms with Crippen LogP contribution in [-0.2, 0) is 5.41 Å². The van der Waals surface area contributed by atoms with E-state index in [9.17, 15) is 4.79 Å². The third-order valence-corrected chi connectivity index (χ3v) is 8.64. The summed E-state index contributed by atoms with van der Waals surface area (Å²) in [7, 11) is 0. The second-order valence-electron chi connectivity index (χ2n) is 12.2. The minimum absolute atomic E-state index is 0.239. The maximum atomic E-state index is 11.1. The third-order valence-electron chi connectivity index (χ3n) is 8.64. The summed E-state index contributed by atoms with van der Waals surface area (Å²) in [5, 5.41) is 9.14. The second-order valence-corrected chi connectivity index (χ2v) is 12.2. The van der Waals surface area contributed by atoms with Gasteiger partial charge >= 0.3 is 5.97 Å². The van der Waals surface area contributed by atoms with Gasteiger partial charge in [-0.2, -0.15) is 0 Å². The summed E-state index contributed by atoms with van der Waals surface area (Å²) < 4.78 is 6.14. The van der Waals surface area contributed by atoms with Crippen LogP contribution in [0, 0.1) is 28.6 Å². The fourth-order valence-corrected chi connectivity index (χ4v) is 8.26. The Morgan fingerprint density at radius 1 is 0.806 bits per heavy atom. The van der Waals surface area contributed by atoms with Crippen LogP contribution in [0.4, 0.5) is 0 Å². The van der Waals surface area contributed by atoms with Gasteiger partial charge in [0, 0.05) is 11.1 Å². The Morgan fingerprint density at radius 3 is 2.03 bits per heavy atom. The van der Waals surface area contributed by atoms with Crippen molar-refractivity contribution in [1.29, 1.82) is 0 Å². The molecule has 0 aliphatic heterocycles. The van der Waals surface area contributed by atoms with Gasteiger partial charge in [0.25, 0.3) is 0 Å². The summed E-state index contributed by atoms with van der Waals surface area (Å²) in [4.78, 5) is 11.1.